The lowest BCUT2D eigenvalue weighted by Crippen LogP contribution is -2.53. The van der Waals surface area contributed by atoms with Crippen molar-refractivity contribution in [1.29, 1.82) is 0 Å². The van der Waals surface area contributed by atoms with Gasteiger partial charge < -0.3 is 10.8 Å². The number of hydrogen-bond donors (Lipinski definition) is 2. The molecule has 3 atom stereocenters. The molecule has 0 amide bonds. The van der Waals surface area contributed by atoms with Crippen LogP contribution in [-0.2, 0) is 0 Å². The molecule has 0 aromatic heterocycles. The summed E-state index contributed by atoms with van der Waals surface area (Å²) in [6.45, 7) is 10.7. The van der Waals surface area contributed by atoms with Crippen molar-refractivity contribution in [3.05, 3.63) is 11.6 Å². The fraction of sp³-hybridized carbons (Fsp3) is 0.889. The van der Waals surface area contributed by atoms with E-state index in [2.05, 4.69) is 33.8 Å². The van der Waals surface area contributed by atoms with Gasteiger partial charge in [-0.1, -0.05) is 44.8 Å². The molecule has 0 saturated heterocycles. The minimum atomic E-state index is -0.707. The Morgan fingerprint density at radius 3 is 2.15 bits per heavy atom. The number of allylic oxidation sites excluding steroid dienone is 2. The van der Waals surface area contributed by atoms with Crippen LogP contribution in [-0.4, -0.2) is 16.7 Å². The fourth-order valence-electron chi connectivity index (χ4n) is 3.62. The van der Waals surface area contributed by atoms with Gasteiger partial charge >= 0.3 is 0 Å². The number of nitrogens with two attached hydrogens (primary N) is 1. The maximum atomic E-state index is 11.3. The zero-order valence-corrected chi connectivity index (χ0v) is 14.2. The zero-order chi connectivity index (χ0) is 15.3. The summed E-state index contributed by atoms with van der Waals surface area (Å²) in [5.74, 6) is 1.33. The van der Waals surface area contributed by atoms with Crippen LogP contribution in [0.4, 0.5) is 0 Å². The van der Waals surface area contributed by atoms with Gasteiger partial charge in [-0.3, -0.25) is 0 Å². The zero-order valence-electron chi connectivity index (χ0n) is 14.2. The van der Waals surface area contributed by atoms with Gasteiger partial charge in [-0.2, -0.15) is 0 Å². The van der Waals surface area contributed by atoms with Crippen LogP contribution in [0.3, 0.4) is 0 Å². The van der Waals surface area contributed by atoms with Crippen LogP contribution < -0.4 is 5.73 Å². The molecule has 0 spiro atoms. The SMILES string of the molecule is CC(C)=C[C@@H](C[C@](O)(C1CCCCC1)[C@H](C)N)C(C)C. The van der Waals surface area contributed by atoms with Gasteiger partial charge in [0.05, 0.1) is 5.60 Å². The number of rotatable bonds is 6. The van der Waals surface area contributed by atoms with Gasteiger partial charge in [0.15, 0.2) is 0 Å². The first-order valence-corrected chi connectivity index (χ1v) is 8.40. The summed E-state index contributed by atoms with van der Waals surface area (Å²) in [6.07, 6.45) is 9.20. The van der Waals surface area contributed by atoms with E-state index >= 15 is 0 Å². The lowest BCUT2D eigenvalue weighted by Gasteiger charge is -2.43. The van der Waals surface area contributed by atoms with E-state index in [9.17, 15) is 5.11 Å². The number of hydrogen-bond acceptors (Lipinski definition) is 2. The molecule has 0 radical (unpaired) electrons. The maximum absolute atomic E-state index is 11.3. The molecule has 1 saturated carbocycles. The van der Waals surface area contributed by atoms with Gasteiger partial charge in [0.25, 0.3) is 0 Å². The monoisotopic (exact) mass is 281 g/mol. The van der Waals surface area contributed by atoms with Gasteiger partial charge in [-0.15, -0.1) is 0 Å². The Balaban J connectivity index is 2.90. The quantitative estimate of drug-likeness (QED) is 0.714. The third-order valence-electron chi connectivity index (χ3n) is 5.07. The molecule has 1 aliphatic rings. The highest BCUT2D eigenvalue weighted by atomic mass is 16.3. The Kier molecular flexibility index (Phi) is 6.74. The highest BCUT2D eigenvalue weighted by molar-refractivity contribution is 5.04. The van der Waals surface area contributed by atoms with Crippen molar-refractivity contribution in [2.75, 3.05) is 0 Å². The van der Waals surface area contributed by atoms with Crippen molar-refractivity contribution >= 4 is 0 Å². The molecule has 0 aliphatic heterocycles. The lowest BCUT2D eigenvalue weighted by molar-refractivity contribution is -0.0672. The molecule has 1 rings (SSSR count). The van der Waals surface area contributed by atoms with Crippen molar-refractivity contribution in [3.63, 3.8) is 0 Å². The highest BCUT2D eigenvalue weighted by Crippen LogP contribution is 2.40. The Hall–Kier alpha value is -0.340. The first-order chi connectivity index (χ1) is 9.27. The first-order valence-electron chi connectivity index (χ1n) is 8.40. The third-order valence-corrected chi connectivity index (χ3v) is 5.07. The van der Waals surface area contributed by atoms with Gasteiger partial charge in [0.1, 0.15) is 0 Å². The van der Waals surface area contributed by atoms with Crippen LogP contribution in [0.15, 0.2) is 11.6 Å². The topological polar surface area (TPSA) is 46.2 Å². The van der Waals surface area contributed by atoms with E-state index in [-0.39, 0.29) is 6.04 Å². The van der Waals surface area contributed by atoms with Crippen molar-refractivity contribution in [2.24, 2.45) is 23.5 Å². The molecule has 1 fully saturated rings. The molecule has 3 N–H and O–H groups in total. The highest BCUT2D eigenvalue weighted by Gasteiger charge is 2.42. The molecule has 20 heavy (non-hydrogen) atoms. The normalized spacial score (nSPS) is 23.2. The van der Waals surface area contributed by atoms with E-state index in [0.717, 1.165) is 19.3 Å². The van der Waals surface area contributed by atoms with E-state index in [0.29, 0.717) is 17.8 Å². The Morgan fingerprint density at radius 1 is 1.20 bits per heavy atom. The van der Waals surface area contributed by atoms with Crippen LogP contribution in [0.25, 0.3) is 0 Å². The summed E-state index contributed by atoms with van der Waals surface area (Å²) in [6, 6.07) is -0.155. The largest absolute Gasteiger partial charge is 0.388 e. The average Bonchev–Trinajstić information content (AvgIpc) is 2.38. The van der Waals surface area contributed by atoms with Crippen LogP contribution in [0, 0.1) is 17.8 Å². The molecule has 118 valence electrons. The average molecular weight is 281 g/mol. The third kappa shape index (κ3) is 4.60. The second kappa shape index (κ2) is 7.61. The van der Waals surface area contributed by atoms with Crippen molar-refractivity contribution in [1.82, 2.24) is 0 Å². The minimum Gasteiger partial charge on any atom is -0.388 e. The molecule has 0 bridgehead atoms. The molecule has 0 heterocycles. The van der Waals surface area contributed by atoms with Crippen molar-refractivity contribution < 1.29 is 5.11 Å². The van der Waals surface area contributed by atoms with Gasteiger partial charge in [0.2, 0.25) is 0 Å². The van der Waals surface area contributed by atoms with Crippen LogP contribution >= 0.6 is 0 Å². The van der Waals surface area contributed by atoms with Gasteiger partial charge in [-0.25, -0.2) is 0 Å². The van der Waals surface area contributed by atoms with Crippen molar-refractivity contribution in [3.8, 4) is 0 Å². The van der Waals surface area contributed by atoms with Crippen LogP contribution in [0.1, 0.15) is 73.1 Å². The molecular weight excluding hydrogens is 246 g/mol. The Labute approximate surface area is 125 Å². The molecule has 0 unspecified atom stereocenters. The van der Waals surface area contributed by atoms with E-state index in [1.807, 2.05) is 6.92 Å². The molecule has 1 aliphatic carbocycles. The summed E-state index contributed by atoms with van der Waals surface area (Å²) in [5.41, 5.74) is 6.84. The molecule has 2 heteroatoms. The maximum Gasteiger partial charge on any atom is 0.0828 e. The Morgan fingerprint density at radius 2 is 1.75 bits per heavy atom. The number of aliphatic hydroxyl groups is 1. The van der Waals surface area contributed by atoms with Crippen LogP contribution in [0.2, 0.25) is 0 Å². The summed E-state index contributed by atoms with van der Waals surface area (Å²) in [7, 11) is 0. The van der Waals surface area contributed by atoms with Crippen LogP contribution in [0.5, 0.6) is 0 Å². The fourth-order valence-corrected chi connectivity index (χ4v) is 3.62. The summed E-state index contributed by atoms with van der Waals surface area (Å²) in [4.78, 5) is 0. The summed E-state index contributed by atoms with van der Waals surface area (Å²) in [5, 5.41) is 11.3. The summed E-state index contributed by atoms with van der Waals surface area (Å²) >= 11 is 0. The predicted octanol–water partition coefficient (Wildman–Crippen LogP) is 4.27. The lowest BCUT2D eigenvalue weighted by atomic mass is 9.68. The van der Waals surface area contributed by atoms with Gasteiger partial charge in [-0.05, 0) is 57.8 Å². The minimum absolute atomic E-state index is 0.155. The van der Waals surface area contributed by atoms with E-state index in [1.165, 1.54) is 24.8 Å². The van der Waals surface area contributed by atoms with E-state index < -0.39 is 5.60 Å². The molecular formula is C18H35NO. The van der Waals surface area contributed by atoms with E-state index in [4.69, 9.17) is 5.73 Å². The second-order valence-corrected chi connectivity index (χ2v) is 7.47. The second-order valence-electron chi connectivity index (χ2n) is 7.47. The molecule has 0 aromatic rings. The Bertz CT molecular complexity index is 311. The van der Waals surface area contributed by atoms with E-state index in [1.54, 1.807) is 0 Å². The smallest absolute Gasteiger partial charge is 0.0828 e. The summed E-state index contributed by atoms with van der Waals surface area (Å²) < 4.78 is 0. The molecule has 0 aromatic carbocycles. The molecule has 2 nitrogen and oxygen atoms in total. The van der Waals surface area contributed by atoms with Gasteiger partial charge in [0, 0.05) is 6.04 Å². The standard InChI is InChI=1S/C18H35NO/c1-13(2)11-16(14(3)4)12-18(20,15(5)19)17-9-7-6-8-10-17/h11,14-17,20H,6-10,12,19H2,1-5H3/t15-,16-,18+/m0/s1. The van der Waals surface area contributed by atoms with Crippen molar-refractivity contribution in [2.45, 2.75) is 84.8 Å². The first kappa shape index (κ1) is 17.7. The predicted molar refractivity (Wildman–Crippen MR) is 87.6 cm³/mol.